The highest BCUT2D eigenvalue weighted by Gasteiger charge is 2.30. The monoisotopic (exact) mass is 336 g/mol. The molecule has 21 heavy (non-hydrogen) atoms. The van der Waals surface area contributed by atoms with E-state index in [-0.39, 0.29) is 29.0 Å². The molecular formula is C12H17FN2O4S2. The Morgan fingerprint density at radius 2 is 2.10 bits per heavy atom. The molecule has 1 aromatic carbocycles. The van der Waals surface area contributed by atoms with Gasteiger partial charge in [-0.1, -0.05) is 0 Å². The van der Waals surface area contributed by atoms with Crippen molar-refractivity contribution in [2.45, 2.75) is 17.4 Å². The Morgan fingerprint density at radius 3 is 2.76 bits per heavy atom. The van der Waals surface area contributed by atoms with Gasteiger partial charge in [0.1, 0.15) is 5.82 Å². The summed E-state index contributed by atoms with van der Waals surface area (Å²) in [6.07, 6.45) is 0.290. The third-order valence-corrected chi connectivity index (χ3v) is 6.61. The zero-order valence-electron chi connectivity index (χ0n) is 11.5. The second-order valence-electron chi connectivity index (χ2n) is 4.82. The molecule has 1 aliphatic rings. The summed E-state index contributed by atoms with van der Waals surface area (Å²) in [6.45, 7) is 0.157. The first-order chi connectivity index (χ1) is 9.75. The smallest absolute Gasteiger partial charge is 0.212 e. The molecule has 0 radical (unpaired) electrons. The second-order valence-corrected chi connectivity index (χ2v) is 8.94. The number of halogens is 1. The maximum atomic E-state index is 13.4. The predicted octanol–water partition coefficient (Wildman–Crippen LogP) is 0.183. The molecule has 1 atom stereocenters. The molecule has 0 saturated heterocycles. The minimum atomic E-state index is -3.39. The van der Waals surface area contributed by atoms with Crippen LogP contribution in [0.5, 0.6) is 0 Å². The number of sulfone groups is 1. The summed E-state index contributed by atoms with van der Waals surface area (Å²) in [4.78, 5) is 0.115. The van der Waals surface area contributed by atoms with E-state index in [4.69, 9.17) is 0 Å². The first kappa shape index (κ1) is 16.3. The fraction of sp³-hybridized carbons (Fsp3) is 0.500. The number of hydrogen-bond donors (Lipinski definition) is 2. The molecule has 0 amide bonds. The Hall–Kier alpha value is -1.03. The Labute approximate surface area is 123 Å². The fourth-order valence-electron chi connectivity index (χ4n) is 2.29. The van der Waals surface area contributed by atoms with Crippen molar-refractivity contribution < 1.29 is 21.2 Å². The molecule has 0 fully saturated rings. The number of benzene rings is 1. The lowest BCUT2D eigenvalue weighted by molar-refractivity contribution is 0.497. The van der Waals surface area contributed by atoms with Crippen molar-refractivity contribution in [1.82, 2.24) is 10.0 Å². The van der Waals surface area contributed by atoms with E-state index in [1.54, 1.807) is 0 Å². The molecule has 0 spiro atoms. The molecule has 2 N–H and O–H groups in total. The van der Waals surface area contributed by atoms with Gasteiger partial charge >= 0.3 is 0 Å². The van der Waals surface area contributed by atoms with E-state index < -0.39 is 25.7 Å². The summed E-state index contributed by atoms with van der Waals surface area (Å²) in [5, 5.41) is 2.98. The van der Waals surface area contributed by atoms with Crippen LogP contribution in [0.2, 0.25) is 0 Å². The van der Waals surface area contributed by atoms with Gasteiger partial charge in [0.2, 0.25) is 10.0 Å². The average Bonchev–Trinajstić information content (AvgIpc) is 2.41. The number of nitrogens with one attached hydrogen (secondary N) is 2. The molecule has 9 heteroatoms. The molecule has 1 aromatic rings. The van der Waals surface area contributed by atoms with Gasteiger partial charge in [0.05, 0.1) is 16.4 Å². The maximum absolute atomic E-state index is 13.4. The van der Waals surface area contributed by atoms with Crippen molar-refractivity contribution in [3.8, 4) is 0 Å². The van der Waals surface area contributed by atoms with Crippen LogP contribution in [0.1, 0.15) is 18.0 Å². The van der Waals surface area contributed by atoms with Crippen molar-refractivity contribution in [3.63, 3.8) is 0 Å². The average molecular weight is 336 g/mol. The van der Waals surface area contributed by atoms with E-state index in [2.05, 4.69) is 10.0 Å². The van der Waals surface area contributed by atoms with E-state index in [0.717, 1.165) is 6.07 Å². The van der Waals surface area contributed by atoms with Crippen LogP contribution in [0.25, 0.3) is 0 Å². The Morgan fingerprint density at radius 1 is 1.38 bits per heavy atom. The molecule has 0 saturated carbocycles. The van der Waals surface area contributed by atoms with Gasteiger partial charge in [-0.15, -0.1) is 0 Å². The van der Waals surface area contributed by atoms with E-state index >= 15 is 0 Å². The fourth-order valence-corrected chi connectivity index (χ4v) is 4.49. The van der Waals surface area contributed by atoms with Crippen molar-refractivity contribution in [3.05, 3.63) is 29.6 Å². The highest BCUT2D eigenvalue weighted by molar-refractivity contribution is 7.91. The van der Waals surface area contributed by atoms with E-state index in [1.807, 2.05) is 0 Å². The van der Waals surface area contributed by atoms with Crippen LogP contribution < -0.4 is 10.0 Å². The number of rotatable bonds is 5. The molecule has 118 valence electrons. The van der Waals surface area contributed by atoms with Crippen molar-refractivity contribution in [2.75, 3.05) is 25.1 Å². The number of hydrogen-bond acceptors (Lipinski definition) is 5. The molecule has 2 rings (SSSR count). The Bertz CT molecular complexity index is 732. The maximum Gasteiger partial charge on any atom is 0.212 e. The van der Waals surface area contributed by atoms with Gasteiger partial charge in [-0.3, -0.25) is 0 Å². The lowest BCUT2D eigenvalue weighted by Crippen LogP contribution is -2.35. The van der Waals surface area contributed by atoms with Crippen molar-refractivity contribution in [1.29, 1.82) is 0 Å². The topological polar surface area (TPSA) is 92.3 Å². The minimum absolute atomic E-state index is 0.0396. The minimum Gasteiger partial charge on any atom is -0.309 e. The van der Waals surface area contributed by atoms with Crippen LogP contribution in [0.15, 0.2) is 23.1 Å². The number of sulfonamides is 1. The molecule has 1 aliphatic heterocycles. The lowest BCUT2D eigenvalue weighted by Gasteiger charge is -2.26. The Balaban J connectivity index is 2.18. The summed E-state index contributed by atoms with van der Waals surface area (Å²) < 4.78 is 62.1. The van der Waals surface area contributed by atoms with Crippen LogP contribution in [0.3, 0.4) is 0 Å². The first-order valence-corrected chi connectivity index (χ1v) is 9.72. The molecule has 1 unspecified atom stereocenters. The van der Waals surface area contributed by atoms with Gasteiger partial charge in [-0.05, 0) is 37.2 Å². The SMILES string of the molecule is CNS(=O)(=O)CCNC1CCS(=O)(=O)c2ccc(F)cc21. The highest BCUT2D eigenvalue weighted by Crippen LogP contribution is 2.32. The molecule has 6 nitrogen and oxygen atoms in total. The van der Waals surface area contributed by atoms with Crippen LogP contribution in [0.4, 0.5) is 4.39 Å². The highest BCUT2D eigenvalue weighted by atomic mass is 32.2. The summed E-state index contributed by atoms with van der Waals surface area (Å²) in [6, 6.07) is 3.20. The van der Waals surface area contributed by atoms with Crippen molar-refractivity contribution in [2.24, 2.45) is 0 Å². The molecule has 0 aliphatic carbocycles. The number of fused-ring (bicyclic) bond motifs is 1. The van der Waals surface area contributed by atoms with E-state index in [9.17, 15) is 21.2 Å². The third-order valence-electron chi connectivity index (χ3n) is 3.43. The van der Waals surface area contributed by atoms with Gasteiger partial charge in [0.15, 0.2) is 9.84 Å². The standard InChI is InChI=1S/C12H17FN2O4S2/c1-14-21(18,19)7-5-15-11-4-6-20(16,17)12-3-2-9(13)8-10(11)12/h2-3,8,11,14-15H,4-7H2,1H3. The summed E-state index contributed by atoms with van der Waals surface area (Å²) in [5.74, 6) is -0.681. The van der Waals surface area contributed by atoms with Gasteiger partial charge in [-0.2, -0.15) is 0 Å². The van der Waals surface area contributed by atoms with Gasteiger partial charge in [-0.25, -0.2) is 25.9 Å². The van der Waals surface area contributed by atoms with Gasteiger partial charge in [0.25, 0.3) is 0 Å². The molecule has 1 heterocycles. The third kappa shape index (κ3) is 3.79. The van der Waals surface area contributed by atoms with Crippen LogP contribution >= 0.6 is 0 Å². The Kier molecular flexibility index (Phi) is 4.66. The quantitative estimate of drug-likeness (QED) is 0.749. The zero-order valence-corrected chi connectivity index (χ0v) is 13.1. The van der Waals surface area contributed by atoms with Crippen molar-refractivity contribution >= 4 is 19.9 Å². The van der Waals surface area contributed by atoms with E-state index in [1.165, 1.54) is 19.2 Å². The van der Waals surface area contributed by atoms with Crippen LogP contribution in [-0.2, 0) is 19.9 Å². The molecule has 0 aromatic heterocycles. The summed E-state index contributed by atoms with van der Waals surface area (Å²) in [7, 11) is -5.39. The predicted molar refractivity (Wildman–Crippen MR) is 76.7 cm³/mol. The van der Waals surface area contributed by atoms with Gasteiger partial charge in [0, 0.05) is 12.6 Å². The second kappa shape index (κ2) is 5.99. The summed E-state index contributed by atoms with van der Waals surface area (Å²) >= 11 is 0. The van der Waals surface area contributed by atoms with Crippen LogP contribution in [0, 0.1) is 5.82 Å². The lowest BCUT2D eigenvalue weighted by atomic mass is 10.0. The zero-order chi connectivity index (χ0) is 15.7. The summed E-state index contributed by atoms with van der Waals surface area (Å²) in [5.41, 5.74) is 0.364. The largest absolute Gasteiger partial charge is 0.309 e. The molecular weight excluding hydrogens is 319 g/mol. The molecule has 0 bridgehead atoms. The van der Waals surface area contributed by atoms with E-state index in [0.29, 0.717) is 12.0 Å². The van der Waals surface area contributed by atoms with Crippen LogP contribution in [-0.4, -0.2) is 41.9 Å². The first-order valence-electron chi connectivity index (χ1n) is 6.42. The van der Waals surface area contributed by atoms with Gasteiger partial charge < -0.3 is 5.32 Å². The normalized spacial score (nSPS) is 21.0.